The van der Waals surface area contributed by atoms with Gasteiger partial charge in [-0.15, -0.1) is 35.3 Å². The third-order valence-corrected chi connectivity index (χ3v) is 6.22. The molecule has 1 fully saturated rings. The second-order valence-corrected chi connectivity index (χ2v) is 9.18. The number of nitrogens with zero attached hydrogens (tertiary/aromatic N) is 4. The summed E-state index contributed by atoms with van der Waals surface area (Å²) >= 11 is 1.71. The van der Waals surface area contributed by atoms with E-state index in [0.29, 0.717) is 6.54 Å². The lowest BCUT2D eigenvalue weighted by atomic mass is 10.2. The summed E-state index contributed by atoms with van der Waals surface area (Å²) in [5.41, 5.74) is 2.70. The molecule has 0 spiro atoms. The molecule has 0 unspecified atom stereocenters. The Bertz CT molecular complexity index is 801. The van der Waals surface area contributed by atoms with Crippen molar-refractivity contribution in [1.29, 1.82) is 0 Å². The van der Waals surface area contributed by atoms with Crippen LogP contribution in [0.4, 0.5) is 5.69 Å². The standard InChI is InChI=1S/C23H36N6S.HI/c1-4-24-23(27-18-22-26-17-20(3)30-22)25-10-5-6-11-28-12-14-29(15-13-28)21-9-7-8-19(2)16-21;/h7-9,16-17H,4-6,10-15,18H2,1-3H3,(H2,24,25,27);1H. The SMILES string of the molecule is CCNC(=NCc1ncc(C)s1)NCCCCN1CCN(c2cccc(C)c2)CC1.I. The van der Waals surface area contributed by atoms with Gasteiger partial charge in [-0.05, 0) is 57.9 Å². The molecule has 31 heavy (non-hydrogen) atoms. The fourth-order valence-electron chi connectivity index (χ4n) is 3.68. The fraction of sp³-hybridized carbons (Fsp3) is 0.565. The summed E-state index contributed by atoms with van der Waals surface area (Å²) in [4.78, 5) is 15.4. The number of aliphatic imine (C=N–C) groups is 1. The van der Waals surface area contributed by atoms with Crippen LogP contribution in [0.5, 0.6) is 0 Å². The lowest BCUT2D eigenvalue weighted by molar-refractivity contribution is 0.253. The van der Waals surface area contributed by atoms with Crippen molar-refractivity contribution in [2.75, 3.05) is 50.7 Å². The number of anilines is 1. The van der Waals surface area contributed by atoms with Gasteiger partial charge >= 0.3 is 0 Å². The van der Waals surface area contributed by atoms with Crippen molar-refractivity contribution >= 4 is 47.0 Å². The van der Waals surface area contributed by atoms with Crippen molar-refractivity contribution in [3.8, 4) is 0 Å². The Balaban J connectivity index is 0.00000341. The van der Waals surface area contributed by atoms with Crippen molar-refractivity contribution in [3.63, 3.8) is 0 Å². The van der Waals surface area contributed by atoms with Gasteiger partial charge in [0.1, 0.15) is 5.01 Å². The highest BCUT2D eigenvalue weighted by atomic mass is 127. The summed E-state index contributed by atoms with van der Waals surface area (Å²) in [7, 11) is 0. The maximum absolute atomic E-state index is 4.65. The molecule has 3 rings (SSSR count). The first-order valence-electron chi connectivity index (χ1n) is 11.1. The molecule has 0 saturated carbocycles. The number of piperazine rings is 1. The minimum Gasteiger partial charge on any atom is -0.369 e. The molecule has 1 aliphatic rings. The number of unbranched alkanes of at least 4 members (excludes halogenated alkanes) is 1. The van der Waals surface area contributed by atoms with Crippen LogP contribution in [0.15, 0.2) is 35.5 Å². The second-order valence-electron chi connectivity index (χ2n) is 7.86. The summed E-state index contributed by atoms with van der Waals surface area (Å²) in [6.45, 7) is 14.5. The molecule has 2 N–H and O–H groups in total. The van der Waals surface area contributed by atoms with Gasteiger partial charge in [0.25, 0.3) is 0 Å². The molecule has 1 aromatic heterocycles. The second kappa shape index (κ2) is 13.9. The molecule has 1 aromatic carbocycles. The van der Waals surface area contributed by atoms with Crippen LogP contribution in [0.25, 0.3) is 0 Å². The van der Waals surface area contributed by atoms with Crippen molar-refractivity contribution < 1.29 is 0 Å². The first-order chi connectivity index (χ1) is 14.6. The van der Waals surface area contributed by atoms with Crippen LogP contribution in [0, 0.1) is 13.8 Å². The predicted octanol–water partition coefficient (Wildman–Crippen LogP) is 4.04. The molecule has 0 aliphatic carbocycles. The molecular formula is C23H37IN6S. The van der Waals surface area contributed by atoms with Gasteiger partial charge in [0, 0.05) is 56.0 Å². The zero-order valence-corrected chi connectivity index (χ0v) is 22.2. The van der Waals surface area contributed by atoms with E-state index in [1.165, 1.54) is 29.1 Å². The van der Waals surface area contributed by atoms with E-state index in [-0.39, 0.29) is 24.0 Å². The highest BCUT2D eigenvalue weighted by Gasteiger charge is 2.16. The Labute approximate surface area is 208 Å². The highest BCUT2D eigenvalue weighted by molar-refractivity contribution is 14.0. The Morgan fingerprint density at radius 1 is 1.13 bits per heavy atom. The summed E-state index contributed by atoms with van der Waals surface area (Å²) < 4.78 is 0. The molecular weight excluding hydrogens is 519 g/mol. The number of thiazole rings is 1. The highest BCUT2D eigenvalue weighted by Crippen LogP contribution is 2.18. The Kier molecular flexibility index (Phi) is 11.6. The average Bonchev–Trinajstić information content (AvgIpc) is 3.17. The topological polar surface area (TPSA) is 55.8 Å². The first kappa shape index (κ1) is 25.9. The smallest absolute Gasteiger partial charge is 0.191 e. The maximum atomic E-state index is 4.65. The normalized spacial score (nSPS) is 14.9. The van der Waals surface area contributed by atoms with Gasteiger partial charge in [-0.3, -0.25) is 4.90 Å². The number of halogens is 1. The van der Waals surface area contributed by atoms with Gasteiger partial charge in [-0.1, -0.05) is 12.1 Å². The number of hydrogen-bond acceptors (Lipinski definition) is 5. The van der Waals surface area contributed by atoms with Gasteiger partial charge in [0.05, 0.1) is 6.54 Å². The van der Waals surface area contributed by atoms with E-state index in [4.69, 9.17) is 0 Å². The van der Waals surface area contributed by atoms with Crippen molar-refractivity contribution in [2.45, 2.75) is 40.2 Å². The quantitative estimate of drug-likeness (QED) is 0.212. The molecule has 6 nitrogen and oxygen atoms in total. The Hall–Kier alpha value is -1.39. The summed E-state index contributed by atoms with van der Waals surface area (Å²) in [5, 5.41) is 7.85. The number of guanidine groups is 1. The zero-order valence-electron chi connectivity index (χ0n) is 19.1. The number of rotatable bonds is 9. The summed E-state index contributed by atoms with van der Waals surface area (Å²) in [5.74, 6) is 0.886. The lowest BCUT2D eigenvalue weighted by Crippen LogP contribution is -2.46. The maximum Gasteiger partial charge on any atom is 0.191 e. The van der Waals surface area contributed by atoms with Crippen molar-refractivity contribution in [1.82, 2.24) is 20.5 Å². The van der Waals surface area contributed by atoms with Crippen LogP contribution >= 0.6 is 35.3 Å². The summed E-state index contributed by atoms with van der Waals surface area (Å²) in [6, 6.07) is 8.85. The van der Waals surface area contributed by atoms with Crippen molar-refractivity contribution in [2.24, 2.45) is 4.99 Å². The van der Waals surface area contributed by atoms with Gasteiger partial charge in [0.15, 0.2) is 5.96 Å². The third-order valence-electron chi connectivity index (χ3n) is 5.32. The molecule has 2 heterocycles. The van der Waals surface area contributed by atoms with Crippen LogP contribution in [0.1, 0.15) is 35.2 Å². The van der Waals surface area contributed by atoms with E-state index in [0.717, 1.165) is 56.7 Å². The molecule has 0 amide bonds. The molecule has 1 aliphatic heterocycles. The average molecular weight is 557 g/mol. The third kappa shape index (κ3) is 8.94. The van der Waals surface area contributed by atoms with E-state index < -0.39 is 0 Å². The lowest BCUT2D eigenvalue weighted by Gasteiger charge is -2.36. The van der Waals surface area contributed by atoms with E-state index in [2.05, 4.69) is 75.4 Å². The van der Waals surface area contributed by atoms with Crippen LogP contribution in [-0.2, 0) is 6.54 Å². The number of hydrogen-bond donors (Lipinski definition) is 2. The molecule has 0 bridgehead atoms. The molecule has 172 valence electrons. The molecule has 0 atom stereocenters. The number of aromatic nitrogens is 1. The molecule has 2 aromatic rings. The number of aryl methyl sites for hydroxylation is 2. The molecule has 8 heteroatoms. The van der Waals surface area contributed by atoms with Crippen LogP contribution in [0.3, 0.4) is 0 Å². The minimum atomic E-state index is 0. The van der Waals surface area contributed by atoms with Gasteiger partial charge in [0.2, 0.25) is 0 Å². The van der Waals surface area contributed by atoms with Gasteiger partial charge < -0.3 is 15.5 Å². The Morgan fingerprint density at radius 2 is 1.94 bits per heavy atom. The predicted molar refractivity (Wildman–Crippen MR) is 144 cm³/mol. The molecule has 0 radical (unpaired) electrons. The van der Waals surface area contributed by atoms with E-state index in [1.54, 1.807) is 11.3 Å². The Morgan fingerprint density at radius 3 is 2.61 bits per heavy atom. The monoisotopic (exact) mass is 556 g/mol. The van der Waals surface area contributed by atoms with Crippen LogP contribution in [-0.4, -0.2) is 61.7 Å². The van der Waals surface area contributed by atoms with E-state index in [1.807, 2.05) is 6.20 Å². The van der Waals surface area contributed by atoms with Crippen LogP contribution < -0.4 is 15.5 Å². The number of nitrogens with one attached hydrogen (secondary N) is 2. The minimum absolute atomic E-state index is 0. The summed E-state index contributed by atoms with van der Waals surface area (Å²) in [6.07, 6.45) is 4.28. The largest absolute Gasteiger partial charge is 0.369 e. The van der Waals surface area contributed by atoms with Gasteiger partial charge in [-0.25, -0.2) is 9.98 Å². The van der Waals surface area contributed by atoms with E-state index in [9.17, 15) is 0 Å². The zero-order chi connectivity index (χ0) is 21.2. The van der Waals surface area contributed by atoms with Crippen LogP contribution in [0.2, 0.25) is 0 Å². The van der Waals surface area contributed by atoms with E-state index >= 15 is 0 Å². The fourth-order valence-corrected chi connectivity index (χ4v) is 4.40. The first-order valence-corrected chi connectivity index (χ1v) is 11.9. The van der Waals surface area contributed by atoms with Crippen molar-refractivity contribution in [3.05, 3.63) is 45.9 Å². The van der Waals surface area contributed by atoms with Gasteiger partial charge in [-0.2, -0.15) is 0 Å². The number of benzene rings is 1. The molecule has 1 saturated heterocycles.